The van der Waals surface area contributed by atoms with Gasteiger partial charge in [0.25, 0.3) is 0 Å². The van der Waals surface area contributed by atoms with Gasteiger partial charge in [0.2, 0.25) is 0 Å². The topological polar surface area (TPSA) is 98.9 Å². The first-order valence-electron chi connectivity index (χ1n) is 7.00. The summed E-state index contributed by atoms with van der Waals surface area (Å²) < 4.78 is 10.8. The second kappa shape index (κ2) is 8.16. The SMILES string of the molecule is O=C(O)c1ccc([N+](=O)[O-])c(OCCCOc2ccc(Cl)cc2)c1. The number of hydrogen-bond donors (Lipinski definition) is 1. The van der Waals surface area contributed by atoms with Crippen LogP contribution in [-0.2, 0) is 0 Å². The van der Waals surface area contributed by atoms with Crippen LogP contribution in [0.1, 0.15) is 16.8 Å². The predicted molar refractivity (Wildman–Crippen MR) is 87.1 cm³/mol. The summed E-state index contributed by atoms with van der Waals surface area (Å²) in [5, 5.41) is 20.5. The van der Waals surface area contributed by atoms with Crippen molar-refractivity contribution in [3.63, 3.8) is 0 Å². The van der Waals surface area contributed by atoms with E-state index in [2.05, 4.69) is 0 Å². The van der Waals surface area contributed by atoms with Crippen LogP contribution in [0.25, 0.3) is 0 Å². The van der Waals surface area contributed by atoms with E-state index in [0.29, 0.717) is 23.8 Å². The number of nitrogens with zero attached hydrogens (tertiary/aromatic N) is 1. The third kappa shape index (κ3) is 4.85. The monoisotopic (exact) mass is 351 g/mol. The minimum atomic E-state index is -1.18. The van der Waals surface area contributed by atoms with Crippen molar-refractivity contribution < 1.29 is 24.3 Å². The lowest BCUT2D eigenvalue weighted by Gasteiger charge is -2.09. The number of carboxylic acids is 1. The summed E-state index contributed by atoms with van der Waals surface area (Å²) in [4.78, 5) is 21.3. The van der Waals surface area contributed by atoms with Crippen molar-refractivity contribution in [2.24, 2.45) is 0 Å². The van der Waals surface area contributed by atoms with E-state index >= 15 is 0 Å². The van der Waals surface area contributed by atoms with Crippen LogP contribution in [0, 0.1) is 10.1 Å². The summed E-state index contributed by atoms with van der Waals surface area (Å²) in [5.41, 5.74) is -0.355. The number of rotatable bonds is 8. The Morgan fingerprint density at radius 2 is 1.79 bits per heavy atom. The number of ether oxygens (including phenoxy) is 2. The van der Waals surface area contributed by atoms with Gasteiger partial charge in [-0.2, -0.15) is 0 Å². The Kier molecular flexibility index (Phi) is 5.97. The molecule has 126 valence electrons. The molecule has 0 aliphatic heterocycles. The molecule has 0 aliphatic carbocycles. The highest BCUT2D eigenvalue weighted by Gasteiger charge is 2.17. The lowest BCUT2D eigenvalue weighted by Crippen LogP contribution is -2.07. The van der Waals surface area contributed by atoms with E-state index in [0.717, 1.165) is 18.2 Å². The molecule has 0 saturated heterocycles. The highest BCUT2D eigenvalue weighted by atomic mass is 35.5. The number of carboxylic acid groups (broad SMARTS) is 1. The first-order chi connectivity index (χ1) is 11.5. The van der Waals surface area contributed by atoms with Crippen molar-refractivity contribution >= 4 is 23.3 Å². The van der Waals surface area contributed by atoms with Crippen LogP contribution in [0.5, 0.6) is 11.5 Å². The number of carbonyl (C=O) groups is 1. The van der Waals surface area contributed by atoms with Gasteiger partial charge < -0.3 is 14.6 Å². The van der Waals surface area contributed by atoms with Crippen LogP contribution in [0.15, 0.2) is 42.5 Å². The molecule has 7 nitrogen and oxygen atoms in total. The number of aromatic carboxylic acids is 1. The highest BCUT2D eigenvalue weighted by molar-refractivity contribution is 6.30. The van der Waals surface area contributed by atoms with Crippen molar-refractivity contribution in [3.05, 3.63) is 63.2 Å². The average molecular weight is 352 g/mol. The van der Waals surface area contributed by atoms with Crippen LogP contribution >= 0.6 is 11.6 Å². The van der Waals surface area contributed by atoms with Crippen molar-refractivity contribution in [1.29, 1.82) is 0 Å². The third-order valence-electron chi connectivity index (χ3n) is 3.03. The van der Waals surface area contributed by atoms with Gasteiger partial charge in [-0.3, -0.25) is 10.1 Å². The van der Waals surface area contributed by atoms with Crippen LogP contribution in [-0.4, -0.2) is 29.2 Å². The zero-order chi connectivity index (χ0) is 17.5. The van der Waals surface area contributed by atoms with Crippen molar-refractivity contribution in [2.75, 3.05) is 13.2 Å². The average Bonchev–Trinajstić information content (AvgIpc) is 2.55. The quantitative estimate of drug-likeness (QED) is 0.441. The lowest BCUT2D eigenvalue weighted by atomic mass is 10.2. The van der Waals surface area contributed by atoms with Crippen LogP contribution in [0.2, 0.25) is 5.02 Å². The van der Waals surface area contributed by atoms with E-state index in [1.165, 1.54) is 0 Å². The second-order valence-corrected chi connectivity index (χ2v) is 5.19. The normalized spacial score (nSPS) is 10.2. The number of nitro groups is 1. The molecule has 0 saturated carbocycles. The molecule has 0 unspecified atom stereocenters. The molecule has 2 rings (SSSR count). The summed E-state index contributed by atoms with van der Waals surface area (Å²) in [6.45, 7) is 0.492. The third-order valence-corrected chi connectivity index (χ3v) is 3.28. The molecule has 0 heterocycles. The molecule has 2 aromatic carbocycles. The van der Waals surface area contributed by atoms with E-state index in [-0.39, 0.29) is 23.6 Å². The Morgan fingerprint density at radius 1 is 1.12 bits per heavy atom. The van der Waals surface area contributed by atoms with E-state index in [4.69, 9.17) is 26.2 Å². The van der Waals surface area contributed by atoms with Gasteiger partial charge in [-0.15, -0.1) is 0 Å². The van der Waals surface area contributed by atoms with Crippen molar-refractivity contribution in [3.8, 4) is 11.5 Å². The van der Waals surface area contributed by atoms with Crippen LogP contribution < -0.4 is 9.47 Å². The molecule has 0 atom stereocenters. The Morgan fingerprint density at radius 3 is 2.42 bits per heavy atom. The van der Waals surface area contributed by atoms with Gasteiger partial charge in [0.05, 0.1) is 23.7 Å². The molecule has 0 aromatic heterocycles. The molecule has 0 fully saturated rings. The van der Waals surface area contributed by atoms with Gasteiger partial charge in [0.1, 0.15) is 5.75 Å². The number of hydrogen-bond acceptors (Lipinski definition) is 5. The van der Waals surface area contributed by atoms with Crippen LogP contribution in [0.3, 0.4) is 0 Å². The second-order valence-electron chi connectivity index (χ2n) is 4.75. The lowest BCUT2D eigenvalue weighted by molar-refractivity contribution is -0.385. The summed E-state index contributed by atoms with van der Waals surface area (Å²) in [6.07, 6.45) is 0.469. The van der Waals surface area contributed by atoms with E-state index in [9.17, 15) is 14.9 Å². The fraction of sp³-hybridized carbons (Fsp3) is 0.188. The van der Waals surface area contributed by atoms with Gasteiger partial charge in [-0.1, -0.05) is 11.6 Å². The Labute approximate surface area is 142 Å². The van der Waals surface area contributed by atoms with Crippen molar-refractivity contribution in [2.45, 2.75) is 6.42 Å². The van der Waals surface area contributed by atoms with Gasteiger partial charge >= 0.3 is 11.7 Å². The highest BCUT2D eigenvalue weighted by Crippen LogP contribution is 2.28. The van der Waals surface area contributed by atoms with Gasteiger partial charge in [0, 0.05) is 23.6 Å². The van der Waals surface area contributed by atoms with Crippen LogP contribution in [0.4, 0.5) is 5.69 Å². The Hall–Kier alpha value is -2.80. The molecular weight excluding hydrogens is 338 g/mol. The Balaban J connectivity index is 1.88. The largest absolute Gasteiger partial charge is 0.493 e. The van der Waals surface area contributed by atoms with E-state index < -0.39 is 10.9 Å². The maximum absolute atomic E-state index is 10.9. The maximum Gasteiger partial charge on any atom is 0.335 e. The molecule has 0 aliphatic rings. The first kappa shape index (κ1) is 17.6. The van der Waals surface area contributed by atoms with Crippen molar-refractivity contribution in [1.82, 2.24) is 0 Å². The number of nitro benzene ring substituents is 1. The van der Waals surface area contributed by atoms with Gasteiger partial charge in [-0.05, 0) is 30.3 Å². The van der Waals surface area contributed by atoms with Gasteiger partial charge in [-0.25, -0.2) is 4.79 Å². The fourth-order valence-corrected chi connectivity index (χ4v) is 2.00. The number of halogens is 1. The Bertz CT molecular complexity index is 732. The minimum absolute atomic E-state index is 0.0759. The summed E-state index contributed by atoms with van der Waals surface area (Å²) in [6, 6.07) is 10.3. The molecule has 0 spiro atoms. The minimum Gasteiger partial charge on any atom is -0.493 e. The first-order valence-corrected chi connectivity index (χ1v) is 7.38. The number of benzene rings is 2. The molecule has 0 radical (unpaired) electrons. The fourth-order valence-electron chi connectivity index (χ4n) is 1.88. The molecular formula is C16H14ClNO6. The molecule has 24 heavy (non-hydrogen) atoms. The standard InChI is InChI=1S/C16H14ClNO6/c17-12-3-5-13(6-4-12)23-8-1-9-24-15-10-11(16(19)20)2-7-14(15)18(21)22/h2-7,10H,1,8-9H2,(H,19,20). The molecule has 8 heteroatoms. The molecule has 0 bridgehead atoms. The summed E-state index contributed by atoms with van der Waals surface area (Å²) >= 11 is 5.77. The summed E-state index contributed by atoms with van der Waals surface area (Å²) in [7, 11) is 0. The van der Waals surface area contributed by atoms with Gasteiger partial charge in [0.15, 0.2) is 5.75 Å². The molecule has 1 N–H and O–H groups in total. The smallest absolute Gasteiger partial charge is 0.335 e. The zero-order valence-electron chi connectivity index (χ0n) is 12.5. The van der Waals surface area contributed by atoms with E-state index in [1.807, 2.05) is 0 Å². The van der Waals surface area contributed by atoms with E-state index in [1.54, 1.807) is 24.3 Å². The maximum atomic E-state index is 10.9. The molecule has 2 aromatic rings. The zero-order valence-corrected chi connectivity index (χ0v) is 13.2. The molecule has 0 amide bonds. The summed E-state index contributed by atoms with van der Waals surface area (Å²) in [5.74, 6) is -0.606. The predicted octanol–water partition coefficient (Wildman–Crippen LogP) is 3.79.